The summed E-state index contributed by atoms with van der Waals surface area (Å²) in [7, 11) is 0. The van der Waals surface area contributed by atoms with Crippen LogP contribution in [0.15, 0.2) is 12.4 Å². The van der Waals surface area contributed by atoms with Gasteiger partial charge in [0.25, 0.3) is 0 Å². The molecule has 2 rings (SSSR count). The molecule has 18 heavy (non-hydrogen) atoms. The van der Waals surface area contributed by atoms with Crippen LogP contribution < -0.4 is 5.32 Å². The number of hydrogen-bond acceptors (Lipinski definition) is 3. The van der Waals surface area contributed by atoms with Gasteiger partial charge in [0.05, 0.1) is 23.9 Å². The fraction of sp³-hybridized carbons (Fsp3) is 0.786. The SMILES string of the molecule is Cc1cnn(CCNC2CC(C)(C)OC2(C)C)c1. The van der Waals surface area contributed by atoms with Crippen molar-refractivity contribution >= 4 is 0 Å². The van der Waals surface area contributed by atoms with Gasteiger partial charge in [-0.3, -0.25) is 4.68 Å². The Morgan fingerprint density at radius 1 is 1.44 bits per heavy atom. The fourth-order valence-electron chi connectivity index (χ4n) is 2.82. The van der Waals surface area contributed by atoms with E-state index in [1.54, 1.807) is 0 Å². The monoisotopic (exact) mass is 251 g/mol. The van der Waals surface area contributed by atoms with Crippen LogP contribution in [0.4, 0.5) is 0 Å². The molecule has 0 aromatic carbocycles. The highest BCUT2D eigenvalue weighted by Gasteiger charge is 2.45. The molecule has 4 heteroatoms. The summed E-state index contributed by atoms with van der Waals surface area (Å²) in [6.07, 6.45) is 5.02. The summed E-state index contributed by atoms with van der Waals surface area (Å²) in [5, 5.41) is 7.89. The highest BCUT2D eigenvalue weighted by molar-refractivity contribution is 5.00. The summed E-state index contributed by atoms with van der Waals surface area (Å²) in [5.41, 5.74) is 1.09. The van der Waals surface area contributed by atoms with E-state index in [0.29, 0.717) is 6.04 Å². The quantitative estimate of drug-likeness (QED) is 0.891. The van der Waals surface area contributed by atoms with E-state index in [0.717, 1.165) is 19.5 Å². The van der Waals surface area contributed by atoms with Crippen molar-refractivity contribution in [1.29, 1.82) is 0 Å². The number of rotatable bonds is 4. The lowest BCUT2D eigenvalue weighted by Gasteiger charge is -2.27. The first-order chi connectivity index (χ1) is 8.28. The first kappa shape index (κ1) is 13.6. The summed E-state index contributed by atoms with van der Waals surface area (Å²) in [6, 6.07) is 0.407. The zero-order valence-electron chi connectivity index (χ0n) is 12.2. The van der Waals surface area contributed by atoms with Gasteiger partial charge in [-0.2, -0.15) is 5.10 Å². The van der Waals surface area contributed by atoms with Gasteiger partial charge in [0.1, 0.15) is 0 Å². The van der Waals surface area contributed by atoms with Gasteiger partial charge in [0, 0.05) is 18.8 Å². The molecule has 1 N–H and O–H groups in total. The summed E-state index contributed by atoms with van der Waals surface area (Å²) in [4.78, 5) is 0. The molecule has 0 radical (unpaired) electrons. The second kappa shape index (κ2) is 4.67. The molecule has 1 aliphatic rings. The van der Waals surface area contributed by atoms with E-state index in [1.807, 2.05) is 10.9 Å². The van der Waals surface area contributed by atoms with Gasteiger partial charge in [-0.15, -0.1) is 0 Å². The molecule has 1 saturated heterocycles. The Balaban J connectivity index is 1.83. The van der Waals surface area contributed by atoms with Crippen LogP contribution in [-0.2, 0) is 11.3 Å². The van der Waals surface area contributed by atoms with Crippen molar-refractivity contribution in [3.63, 3.8) is 0 Å². The average molecular weight is 251 g/mol. The Bertz CT molecular complexity index is 409. The van der Waals surface area contributed by atoms with Crippen molar-refractivity contribution in [3.8, 4) is 0 Å². The Morgan fingerprint density at radius 2 is 2.17 bits per heavy atom. The number of nitrogens with one attached hydrogen (secondary N) is 1. The molecule has 1 fully saturated rings. The molecule has 1 unspecified atom stereocenters. The topological polar surface area (TPSA) is 39.1 Å². The van der Waals surface area contributed by atoms with Crippen molar-refractivity contribution in [2.24, 2.45) is 0 Å². The number of hydrogen-bond donors (Lipinski definition) is 1. The molecule has 0 spiro atoms. The van der Waals surface area contributed by atoms with Gasteiger partial charge >= 0.3 is 0 Å². The first-order valence-electron chi connectivity index (χ1n) is 6.71. The molecule has 1 atom stereocenters. The lowest BCUT2D eigenvalue weighted by Crippen LogP contribution is -2.44. The second-order valence-electron chi connectivity index (χ2n) is 6.46. The molecule has 4 nitrogen and oxygen atoms in total. The Morgan fingerprint density at radius 3 is 2.67 bits per heavy atom. The third-order valence-electron chi connectivity index (χ3n) is 3.57. The van der Waals surface area contributed by atoms with E-state index in [-0.39, 0.29) is 11.2 Å². The molecule has 1 aromatic heterocycles. The van der Waals surface area contributed by atoms with E-state index in [4.69, 9.17) is 4.74 Å². The number of nitrogens with zero attached hydrogens (tertiary/aromatic N) is 2. The molecule has 2 heterocycles. The van der Waals surface area contributed by atoms with E-state index < -0.39 is 0 Å². The minimum absolute atomic E-state index is 0.0244. The van der Waals surface area contributed by atoms with Crippen molar-refractivity contribution in [1.82, 2.24) is 15.1 Å². The van der Waals surface area contributed by atoms with Crippen LogP contribution in [0.3, 0.4) is 0 Å². The van der Waals surface area contributed by atoms with Crippen LogP contribution >= 0.6 is 0 Å². The third-order valence-corrected chi connectivity index (χ3v) is 3.57. The highest BCUT2D eigenvalue weighted by atomic mass is 16.5. The molecule has 0 saturated carbocycles. The van der Waals surface area contributed by atoms with Gasteiger partial charge in [-0.25, -0.2) is 0 Å². The normalized spacial score (nSPS) is 25.5. The first-order valence-corrected chi connectivity index (χ1v) is 6.71. The predicted molar refractivity (Wildman–Crippen MR) is 72.6 cm³/mol. The summed E-state index contributed by atoms with van der Waals surface area (Å²) in [6.45, 7) is 12.5. The van der Waals surface area contributed by atoms with Gasteiger partial charge in [0.15, 0.2) is 0 Å². The van der Waals surface area contributed by atoms with E-state index in [1.165, 1.54) is 5.56 Å². The van der Waals surface area contributed by atoms with Crippen LogP contribution in [-0.4, -0.2) is 33.6 Å². The van der Waals surface area contributed by atoms with Crippen LogP contribution in [0.2, 0.25) is 0 Å². The number of aromatic nitrogens is 2. The number of ether oxygens (including phenoxy) is 1. The standard InChI is InChI=1S/C14H25N3O/c1-11-9-16-17(10-11)7-6-15-12-8-13(2,3)18-14(12,4)5/h9-10,12,15H,6-8H2,1-5H3. The summed E-state index contributed by atoms with van der Waals surface area (Å²) >= 11 is 0. The molecule has 0 amide bonds. The lowest BCUT2D eigenvalue weighted by atomic mass is 9.94. The molecular formula is C14H25N3O. The van der Waals surface area contributed by atoms with Crippen molar-refractivity contribution in [2.75, 3.05) is 6.54 Å². The van der Waals surface area contributed by atoms with E-state index in [2.05, 4.69) is 51.2 Å². The molecule has 0 aliphatic carbocycles. The van der Waals surface area contributed by atoms with Crippen LogP contribution in [0.5, 0.6) is 0 Å². The Hall–Kier alpha value is -0.870. The molecular weight excluding hydrogens is 226 g/mol. The van der Waals surface area contributed by atoms with Gasteiger partial charge < -0.3 is 10.1 Å². The fourth-order valence-corrected chi connectivity index (χ4v) is 2.82. The average Bonchev–Trinajstić information content (AvgIpc) is 2.68. The van der Waals surface area contributed by atoms with Gasteiger partial charge in [-0.1, -0.05) is 0 Å². The second-order valence-corrected chi connectivity index (χ2v) is 6.46. The largest absolute Gasteiger partial charge is 0.368 e. The lowest BCUT2D eigenvalue weighted by molar-refractivity contribution is -0.0698. The van der Waals surface area contributed by atoms with Crippen LogP contribution in [0.25, 0.3) is 0 Å². The highest BCUT2D eigenvalue weighted by Crippen LogP contribution is 2.37. The zero-order chi connectivity index (χ0) is 13.4. The van der Waals surface area contributed by atoms with Crippen molar-refractivity contribution in [3.05, 3.63) is 18.0 Å². The molecule has 1 aromatic rings. The minimum atomic E-state index is -0.0937. The van der Waals surface area contributed by atoms with Crippen LogP contribution in [0, 0.1) is 6.92 Å². The van der Waals surface area contributed by atoms with Gasteiger partial charge in [0.2, 0.25) is 0 Å². The summed E-state index contributed by atoms with van der Waals surface area (Å²) < 4.78 is 8.05. The predicted octanol–water partition coefficient (Wildman–Crippen LogP) is 2.13. The smallest absolute Gasteiger partial charge is 0.0787 e. The molecule has 102 valence electrons. The van der Waals surface area contributed by atoms with Crippen LogP contribution in [0.1, 0.15) is 39.7 Å². The third kappa shape index (κ3) is 3.12. The Labute approximate surface area is 110 Å². The summed E-state index contributed by atoms with van der Waals surface area (Å²) in [5.74, 6) is 0. The maximum absolute atomic E-state index is 6.07. The van der Waals surface area contributed by atoms with Gasteiger partial charge in [-0.05, 0) is 46.6 Å². The molecule has 0 bridgehead atoms. The van der Waals surface area contributed by atoms with E-state index >= 15 is 0 Å². The maximum Gasteiger partial charge on any atom is 0.0787 e. The Kier molecular flexibility index (Phi) is 3.52. The molecule has 1 aliphatic heterocycles. The van der Waals surface area contributed by atoms with Crippen molar-refractivity contribution < 1.29 is 4.74 Å². The minimum Gasteiger partial charge on any atom is -0.368 e. The number of aryl methyl sites for hydroxylation is 1. The van der Waals surface area contributed by atoms with Crippen molar-refractivity contribution in [2.45, 2.75) is 64.8 Å². The maximum atomic E-state index is 6.07. The zero-order valence-corrected chi connectivity index (χ0v) is 12.2. The van der Waals surface area contributed by atoms with E-state index in [9.17, 15) is 0 Å².